The van der Waals surface area contributed by atoms with E-state index >= 15 is 0 Å². The van der Waals surface area contributed by atoms with E-state index in [0.29, 0.717) is 12.4 Å². The third-order valence-corrected chi connectivity index (χ3v) is 4.36. The molecule has 4 rings (SSSR count). The molecule has 28 heavy (non-hydrogen) atoms. The van der Waals surface area contributed by atoms with Gasteiger partial charge in [0.05, 0.1) is 11.2 Å². The van der Waals surface area contributed by atoms with Gasteiger partial charge in [-0.05, 0) is 36.4 Å². The Kier molecular flexibility index (Phi) is 4.48. The number of hydrogen-bond acceptors (Lipinski definition) is 4. The van der Waals surface area contributed by atoms with Gasteiger partial charge in [-0.15, -0.1) is 13.0 Å². The molecule has 0 fully saturated rings. The van der Waals surface area contributed by atoms with Crippen LogP contribution in [0.3, 0.4) is 0 Å². The molecule has 2 aromatic heterocycles. The van der Waals surface area contributed by atoms with Crippen molar-refractivity contribution < 1.29 is 0 Å². The van der Waals surface area contributed by atoms with E-state index in [1.807, 2.05) is 42.5 Å². The lowest BCUT2D eigenvalue weighted by molar-refractivity contribution is 0.760. The third-order valence-electron chi connectivity index (χ3n) is 4.36. The van der Waals surface area contributed by atoms with Gasteiger partial charge in [-0.3, -0.25) is 9.13 Å². The number of rotatable bonds is 5. The van der Waals surface area contributed by atoms with Crippen molar-refractivity contribution in [2.75, 3.05) is 5.32 Å². The largest absolute Gasteiger partial charge is 0.340 e. The summed E-state index contributed by atoms with van der Waals surface area (Å²) in [7, 11) is 0. The summed E-state index contributed by atoms with van der Waals surface area (Å²) >= 11 is 0. The number of aromatic nitrogens is 4. The average Bonchev–Trinajstić information content (AvgIpc) is 3.09. The number of imidazole rings is 1. The van der Waals surface area contributed by atoms with E-state index in [4.69, 9.17) is 6.42 Å². The molecule has 2 heterocycles. The van der Waals surface area contributed by atoms with Crippen LogP contribution in [0.2, 0.25) is 0 Å². The van der Waals surface area contributed by atoms with Crippen LogP contribution in [0.4, 0.5) is 11.5 Å². The Hall–Kier alpha value is -4.11. The van der Waals surface area contributed by atoms with E-state index < -0.39 is 0 Å². The molecule has 0 bridgehead atoms. The number of nitrogens with zero attached hydrogens (tertiary/aromatic N) is 4. The van der Waals surface area contributed by atoms with Crippen molar-refractivity contribution in [2.24, 2.45) is 0 Å². The van der Waals surface area contributed by atoms with Gasteiger partial charge >= 0.3 is 5.69 Å². The predicted molar refractivity (Wildman–Crippen MR) is 111 cm³/mol. The Balaban J connectivity index is 1.79. The van der Waals surface area contributed by atoms with E-state index in [1.165, 1.54) is 6.33 Å². The van der Waals surface area contributed by atoms with Crippen LogP contribution in [0.25, 0.3) is 16.6 Å². The van der Waals surface area contributed by atoms with Gasteiger partial charge in [-0.2, -0.15) is 0 Å². The molecular weight excluding hydrogens is 350 g/mol. The van der Waals surface area contributed by atoms with Gasteiger partial charge in [-0.1, -0.05) is 18.1 Å². The molecule has 0 atom stereocenters. The minimum Gasteiger partial charge on any atom is -0.340 e. The summed E-state index contributed by atoms with van der Waals surface area (Å²) in [5.74, 6) is 3.26. The van der Waals surface area contributed by atoms with Crippen LogP contribution in [0.1, 0.15) is 5.56 Å². The first kappa shape index (κ1) is 17.3. The molecule has 0 aliphatic heterocycles. The molecular formula is C22H17N5O. The first-order chi connectivity index (χ1) is 13.7. The van der Waals surface area contributed by atoms with Crippen molar-refractivity contribution in [2.45, 2.75) is 6.54 Å². The Morgan fingerprint density at radius 1 is 1.18 bits per heavy atom. The summed E-state index contributed by atoms with van der Waals surface area (Å²) in [6.45, 7) is 4.14. The number of benzene rings is 2. The highest BCUT2D eigenvalue weighted by Crippen LogP contribution is 2.25. The molecule has 0 amide bonds. The first-order valence-corrected chi connectivity index (χ1v) is 8.67. The van der Waals surface area contributed by atoms with Crippen LogP contribution in [0, 0.1) is 12.3 Å². The second kappa shape index (κ2) is 7.25. The lowest BCUT2D eigenvalue weighted by Crippen LogP contribution is -2.22. The number of hydrogen-bond donors (Lipinski definition) is 1. The van der Waals surface area contributed by atoms with E-state index in [1.54, 1.807) is 27.6 Å². The van der Waals surface area contributed by atoms with Crippen LogP contribution >= 0.6 is 0 Å². The van der Waals surface area contributed by atoms with Gasteiger partial charge in [0.15, 0.2) is 0 Å². The quantitative estimate of drug-likeness (QED) is 0.433. The molecule has 0 spiro atoms. The van der Waals surface area contributed by atoms with Crippen molar-refractivity contribution in [3.05, 3.63) is 89.9 Å². The smallest absolute Gasteiger partial charge is 0.333 e. The Morgan fingerprint density at radius 2 is 2.07 bits per heavy atom. The Labute approximate surface area is 161 Å². The fraction of sp³-hybridized carbons (Fsp3) is 0.0455. The fourth-order valence-corrected chi connectivity index (χ4v) is 3.01. The van der Waals surface area contributed by atoms with Crippen molar-refractivity contribution in [1.82, 2.24) is 19.1 Å². The van der Waals surface area contributed by atoms with Crippen molar-refractivity contribution in [3.63, 3.8) is 0 Å². The van der Waals surface area contributed by atoms with E-state index in [9.17, 15) is 4.79 Å². The summed E-state index contributed by atoms with van der Waals surface area (Å²) in [6.07, 6.45) is 12.1. The molecule has 0 aliphatic rings. The van der Waals surface area contributed by atoms with Crippen LogP contribution in [-0.2, 0) is 6.54 Å². The SMILES string of the molecule is C#Cc1cccc(Nc2ncnc3ccc(-n4ccn(CC=C)c4=O)cc23)c1. The highest BCUT2D eigenvalue weighted by atomic mass is 16.1. The topological polar surface area (TPSA) is 64.7 Å². The number of terminal acetylenes is 1. The maximum atomic E-state index is 12.6. The molecule has 2 aromatic carbocycles. The van der Waals surface area contributed by atoms with E-state index in [0.717, 1.165) is 27.8 Å². The minimum atomic E-state index is -0.132. The van der Waals surface area contributed by atoms with Crippen molar-refractivity contribution in [3.8, 4) is 18.0 Å². The van der Waals surface area contributed by atoms with Gasteiger partial charge in [0.1, 0.15) is 12.1 Å². The molecule has 4 aromatic rings. The number of nitrogens with one attached hydrogen (secondary N) is 1. The van der Waals surface area contributed by atoms with E-state index in [2.05, 4.69) is 27.8 Å². The van der Waals surface area contributed by atoms with Gasteiger partial charge in [0.2, 0.25) is 0 Å². The summed E-state index contributed by atoms with van der Waals surface area (Å²) in [5, 5.41) is 4.09. The van der Waals surface area contributed by atoms with Crippen LogP contribution in [-0.4, -0.2) is 19.1 Å². The van der Waals surface area contributed by atoms with Crippen LogP contribution in [0.15, 0.2) is 78.6 Å². The maximum Gasteiger partial charge on any atom is 0.333 e. The maximum absolute atomic E-state index is 12.6. The van der Waals surface area contributed by atoms with E-state index in [-0.39, 0.29) is 5.69 Å². The van der Waals surface area contributed by atoms with Crippen molar-refractivity contribution in [1.29, 1.82) is 0 Å². The lowest BCUT2D eigenvalue weighted by atomic mass is 10.2. The molecule has 0 saturated heterocycles. The predicted octanol–water partition coefficient (Wildman–Crippen LogP) is 3.49. The number of allylic oxidation sites excluding steroid dienone is 1. The molecule has 0 saturated carbocycles. The zero-order valence-electron chi connectivity index (χ0n) is 15.0. The Bertz CT molecular complexity index is 1280. The summed E-state index contributed by atoms with van der Waals surface area (Å²) < 4.78 is 3.17. The standard InChI is InChI=1S/C22H17N5O/c1-3-10-26-11-12-27(22(26)28)18-8-9-20-19(14-18)21(24-15-23-20)25-17-7-5-6-16(4-2)13-17/h2-3,5-9,11-15H,1,10H2,(H,23,24,25). The third kappa shape index (κ3) is 3.17. The first-order valence-electron chi connectivity index (χ1n) is 8.67. The fourth-order valence-electron chi connectivity index (χ4n) is 3.01. The summed E-state index contributed by atoms with van der Waals surface area (Å²) in [5.41, 5.74) is 2.98. The zero-order chi connectivity index (χ0) is 19.5. The van der Waals surface area contributed by atoms with Gasteiger partial charge in [0.25, 0.3) is 0 Å². The molecule has 1 N–H and O–H groups in total. The molecule has 6 heteroatoms. The lowest BCUT2D eigenvalue weighted by Gasteiger charge is -2.10. The Morgan fingerprint density at radius 3 is 2.89 bits per heavy atom. The molecule has 0 aliphatic carbocycles. The molecule has 0 unspecified atom stereocenters. The average molecular weight is 367 g/mol. The summed E-state index contributed by atoms with van der Waals surface area (Å²) in [4.78, 5) is 21.2. The van der Waals surface area contributed by atoms with Gasteiger partial charge in [0, 0.05) is 35.6 Å². The monoisotopic (exact) mass is 367 g/mol. The zero-order valence-corrected chi connectivity index (χ0v) is 15.0. The van der Waals surface area contributed by atoms with Crippen LogP contribution in [0.5, 0.6) is 0 Å². The highest BCUT2D eigenvalue weighted by molar-refractivity contribution is 5.92. The number of anilines is 2. The van der Waals surface area contributed by atoms with Gasteiger partial charge in [-0.25, -0.2) is 14.8 Å². The molecule has 136 valence electrons. The summed E-state index contributed by atoms with van der Waals surface area (Å²) in [6, 6.07) is 13.2. The van der Waals surface area contributed by atoms with Crippen molar-refractivity contribution >= 4 is 22.4 Å². The minimum absolute atomic E-state index is 0.132. The second-order valence-corrected chi connectivity index (χ2v) is 6.17. The number of fused-ring (bicyclic) bond motifs is 1. The molecule has 6 nitrogen and oxygen atoms in total. The van der Waals surface area contributed by atoms with Gasteiger partial charge < -0.3 is 5.32 Å². The molecule has 0 radical (unpaired) electrons. The second-order valence-electron chi connectivity index (χ2n) is 6.17. The normalized spacial score (nSPS) is 10.5. The highest BCUT2D eigenvalue weighted by Gasteiger charge is 2.09. The van der Waals surface area contributed by atoms with Crippen LogP contribution < -0.4 is 11.0 Å².